The van der Waals surface area contributed by atoms with Gasteiger partial charge in [0.15, 0.2) is 10.9 Å². The van der Waals surface area contributed by atoms with Crippen LogP contribution in [0.2, 0.25) is 0 Å². The lowest BCUT2D eigenvalue weighted by Crippen LogP contribution is -1.99. The van der Waals surface area contributed by atoms with E-state index in [4.69, 9.17) is 4.42 Å². The molecule has 23 heavy (non-hydrogen) atoms. The first-order valence-electron chi connectivity index (χ1n) is 7.45. The standard InChI is InChI=1S/C16H15FN4OS/c1-10-19-20-16(21(10)13-6-7-13)23-9-15-18-8-14(22-15)11-2-4-12(17)5-3-11/h2-5,8,13H,6-7,9H2,1H3. The molecule has 0 atom stereocenters. The third-order valence-corrected chi connectivity index (χ3v) is 4.68. The number of nitrogens with zero attached hydrogens (tertiary/aromatic N) is 4. The molecule has 3 aromatic rings. The van der Waals surface area contributed by atoms with E-state index in [0.717, 1.165) is 16.5 Å². The lowest BCUT2D eigenvalue weighted by molar-refractivity contribution is 0.529. The fourth-order valence-electron chi connectivity index (χ4n) is 2.45. The lowest BCUT2D eigenvalue weighted by atomic mass is 10.2. The number of halogens is 1. The van der Waals surface area contributed by atoms with Crippen LogP contribution in [0.25, 0.3) is 11.3 Å². The Labute approximate surface area is 136 Å². The topological polar surface area (TPSA) is 56.7 Å². The van der Waals surface area contributed by atoms with Crippen molar-refractivity contribution in [2.24, 2.45) is 0 Å². The molecule has 0 N–H and O–H groups in total. The highest BCUT2D eigenvalue weighted by Crippen LogP contribution is 2.39. The van der Waals surface area contributed by atoms with Crippen LogP contribution in [0.4, 0.5) is 4.39 Å². The molecule has 5 nitrogen and oxygen atoms in total. The molecule has 1 saturated carbocycles. The molecule has 0 spiro atoms. The molecule has 2 aromatic heterocycles. The van der Waals surface area contributed by atoms with Crippen LogP contribution in [0.1, 0.15) is 30.6 Å². The van der Waals surface area contributed by atoms with E-state index in [2.05, 4.69) is 19.7 Å². The van der Waals surface area contributed by atoms with Gasteiger partial charge in [0.2, 0.25) is 5.89 Å². The monoisotopic (exact) mass is 330 g/mol. The molecule has 0 radical (unpaired) electrons. The minimum absolute atomic E-state index is 0.265. The normalized spacial score (nSPS) is 14.3. The SMILES string of the molecule is Cc1nnc(SCc2ncc(-c3ccc(F)cc3)o2)n1C1CC1. The summed E-state index contributed by atoms with van der Waals surface area (Å²) in [7, 11) is 0. The quantitative estimate of drug-likeness (QED) is 0.662. The smallest absolute Gasteiger partial charge is 0.205 e. The molecule has 118 valence electrons. The van der Waals surface area contributed by atoms with Gasteiger partial charge in [0.25, 0.3) is 0 Å². The van der Waals surface area contributed by atoms with Crippen LogP contribution in [0.5, 0.6) is 0 Å². The third kappa shape index (κ3) is 3.01. The maximum Gasteiger partial charge on any atom is 0.205 e. The largest absolute Gasteiger partial charge is 0.440 e. The zero-order chi connectivity index (χ0) is 15.8. The van der Waals surface area contributed by atoms with Crippen LogP contribution in [0.3, 0.4) is 0 Å². The number of aryl methyl sites for hydroxylation is 1. The summed E-state index contributed by atoms with van der Waals surface area (Å²) in [6, 6.07) is 6.73. The third-order valence-electron chi connectivity index (χ3n) is 3.75. The van der Waals surface area contributed by atoms with E-state index in [1.807, 2.05) is 6.92 Å². The van der Waals surface area contributed by atoms with Crippen LogP contribution in [-0.2, 0) is 5.75 Å². The van der Waals surface area contributed by atoms with Gasteiger partial charge in [-0.05, 0) is 44.0 Å². The molecule has 2 heterocycles. The first-order valence-corrected chi connectivity index (χ1v) is 8.44. The van der Waals surface area contributed by atoms with Crippen molar-refractivity contribution in [2.45, 2.75) is 36.7 Å². The van der Waals surface area contributed by atoms with E-state index < -0.39 is 0 Å². The number of hydrogen-bond donors (Lipinski definition) is 0. The summed E-state index contributed by atoms with van der Waals surface area (Å²) in [6.45, 7) is 1.98. The molecule has 7 heteroatoms. The van der Waals surface area contributed by atoms with E-state index in [1.165, 1.54) is 25.0 Å². The zero-order valence-electron chi connectivity index (χ0n) is 12.6. The van der Waals surface area contributed by atoms with Crippen molar-refractivity contribution in [2.75, 3.05) is 0 Å². The molecule has 0 bridgehead atoms. The first-order chi connectivity index (χ1) is 11.2. The molecule has 0 amide bonds. The molecular weight excluding hydrogens is 315 g/mol. The molecule has 1 fully saturated rings. The van der Waals surface area contributed by atoms with E-state index in [1.54, 1.807) is 30.1 Å². The van der Waals surface area contributed by atoms with Crippen LogP contribution in [0.15, 0.2) is 40.0 Å². The van der Waals surface area contributed by atoms with Crippen LogP contribution in [-0.4, -0.2) is 19.7 Å². The predicted octanol–water partition coefficient (Wildman–Crippen LogP) is 4.01. The Balaban J connectivity index is 1.47. The van der Waals surface area contributed by atoms with E-state index in [0.29, 0.717) is 23.4 Å². The minimum atomic E-state index is -0.265. The fraction of sp³-hybridized carbons (Fsp3) is 0.312. The predicted molar refractivity (Wildman–Crippen MR) is 84.5 cm³/mol. The van der Waals surface area contributed by atoms with Gasteiger partial charge in [0.1, 0.15) is 11.6 Å². The highest BCUT2D eigenvalue weighted by molar-refractivity contribution is 7.98. The second-order valence-electron chi connectivity index (χ2n) is 5.54. The number of rotatable bonds is 5. The van der Waals surface area contributed by atoms with Gasteiger partial charge in [-0.25, -0.2) is 9.37 Å². The van der Waals surface area contributed by atoms with Gasteiger partial charge >= 0.3 is 0 Å². The van der Waals surface area contributed by atoms with Gasteiger partial charge in [-0.1, -0.05) is 11.8 Å². The van der Waals surface area contributed by atoms with Gasteiger partial charge in [0, 0.05) is 11.6 Å². The Kier molecular flexibility index (Phi) is 3.65. The number of benzene rings is 1. The Bertz CT molecular complexity index is 823. The molecule has 1 aliphatic carbocycles. The van der Waals surface area contributed by atoms with Gasteiger partial charge in [-0.2, -0.15) is 0 Å². The highest BCUT2D eigenvalue weighted by atomic mass is 32.2. The summed E-state index contributed by atoms with van der Waals surface area (Å²) in [5, 5.41) is 9.30. The number of oxazole rings is 1. The average Bonchev–Trinajstić information content (AvgIpc) is 3.15. The summed E-state index contributed by atoms with van der Waals surface area (Å²) in [5.41, 5.74) is 0.812. The first kappa shape index (κ1) is 14.4. The van der Waals surface area contributed by atoms with Gasteiger partial charge in [0.05, 0.1) is 11.9 Å². The molecule has 0 saturated heterocycles. The van der Waals surface area contributed by atoms with E-state index in [-0.39, 0.29) is 5.82 Å². The Morgan fingerprint density at radius 3 is 2.78 bits per heavy atom. The summed E-state index contributed by atoms with van der Waals surface area (Å²) in [5.74, 6) is 2.54. The second-order valence-corrected chi connectivity index (χ2v) is 6.49. The average molecular weight is 330 g/mol. The van der Waals surface area contributed by atoms with Crippen molar-refractivity contribution in [3.8, 4) is 11.3 Å². The van der Waals surface area contributed by atoms with Gasteiger partial charge < -0.3 is 8.98 Å². The highest BCUT2D eigenvalue weighted by Gasteiger charge is 2.28. The van der Waals surface area contributed by atoms with Crippen molar-refractivity contribution < 1.29 is 8.81 Å². The van der Waals surface area contributed by atoms with Crippen molar-refractivity contribution >= 4 is 11.8 Å². The number of aromatic nitrogens is 4. The maximum atomic E-state index is 13.0. The van der Waals surface area contributed by atoms with Crippen LogP contribution in [0, 0.1) is 12.7 Å². The molecular formula is C16H15FN4OS. The summed E-state index contributed by atoms with van der Waals surface area (Å²) >= 11 is 1.57. The molecule has 4 rings (SSSR count). The van der Waals surface area contributed by atoms with Crippen molar-refractivity contribution in [3.05, 3.63) is 48.0 Å². The minimum Gasteiger partial charge on any atom is -0.440 e. The Morgan fingerprint density at radius 1 is 1.26 bits per heavy atom. The van der Waals surface area contributed by atoms with Crippen LogP contribution >= 0.6 is 11.8 Å². The molecule has 0 unspecified atom stereocenters. The maximum absolute atomic E-state index is 13.0. The van der Waals surface area contributed by atoms with Crippen LogP contribution < -0.4 is 0 Å². The van der Waals surface area contributed by atoms with Gasteiger partial charge in [-0.15, -0.1) is 10.2 Å². The number of hydrogen-bond acceptors (Lipinski definition) is 5. The zero-order valence-corrected chi connectivity index (χ0v) is 13.4. The van der Waals surface area contributed by atoms with Gasteiger partial charge in [-0.3, -0.25) is 0 Å². The number of thioether (sulfide) groups is 1. The second kappa shape index (κ2) is 5.81. The molecule has 1 aliphatic rings. The summed E-state index contributed by atoms with van der Waals surface area (Å²) < 4.78 is 20.9. The lowest BCUT2D eigenvalue weighted by Gasteiger charge is -2.04. The van der Waals surface area contributed by atoms with Crippen molar-refractivity contribution in [1.82, 2.24) is 19.7 Å². The summed E-state index contributed by atoms with van der Waals surface area (Å²) in [4.78, 5) is 4.29. The Morgan fingerprint density at radius 2 is 2.04 bits per heavy atom. The van der Waals surface area contributed by atoms with Crippen molar-refractivity contribution in [3.63, 3.8) is 0 Å². The van der Waals surface area contributed by atoms with E-state index in [9.17, 15) is 4.39 Å². The Hall–Kier alpha value is -2.15. The fourth-order valence-corrected chi connectivity index (χ4v) is 3.36. The summed E-state index contributed by atoms with van der Waals surface area (Å²) in [6.07, 6.45) is 4.06. The van der Waals surface area contributed by atoms with Crippen molar-refractivity contribution in [1.29, 1.82) is 0 Å². The molecule has 1 aromatic carbocycles. The molecule has 0 aliphatic heterocycles. The van der Waals surface area contributed by atoms with E-state index >= 15 is 0 Å².